The van der Waals surface area contributed by atoms with Crippen molar-refractivity contribution in [3.8, 4) is 0 Å². The van der Waals surface area contributed by atoms with E-state index in [9.17, 15) is 0 Å². The van der Waals surface area contributed by atoms with E-state index in [2.05, 4.69) is 44.2 Å². The molecule has 0 aliphatic rings. The van der Waals surface area contributed by atoms with Crippen molar-refractivity contribution < 1.29 is 4.42 Å². The van der Waals surface area contributed by atoms with Crippen molar-refractivity contribution >= 4 is 11.0 Å². The van der Waals surface area contributed by atoms with Crippen molar-refractivity contribution in [2.24, 2.45) is 5.73 Å². The Balaban J connectivity index is 1.94. The Morgan fingerprint density at radius 1 is 1.00 bits per heavy atom. The first-order valence-electron chi connectivity index (χ1n) is 6.96. The molecular weight excluding hydrogens is 246 g/mol. The van der Waals surface area contributed by atoms with Crippen LogP contribution in [0.4, 0.5) is 0 Å². The third-order valence-electron chi connectivity index (χ3n) is 3.88. The summed E-state index contributed by atoms with van der Waals surface area (Å²) in [6, 6.07) is 18.4. The molecule has 2 heteroatoms. The summed E-state index contributed by atoms with van der Waals surface area (Å²) in [4.78, 5) is 0. The Bertz CT molecular complexity index is 715. The van der Waals surface area contributed by atoms with Crippen LogP contribution in [0, 0.1) is 6.92 Å². The molecule has 3 aromatic rings. The molecular formula is C18H19NO. The Morgan fingerprint density at radius 3 is 2.50 bits per heavy atom. The van der Waals surface area contributed by atoms with Gasteiger partial charge in [0.05, 0.1) is 6.04 Å². The second kappa shape index (κ2) is 5.14. The highest BCUT2D eigenvalue weighted by Crippen LogP contribution is 2.32. The van der Waals surface area contributed by atoms with E-state index in [0.717, 1.165) is 16.7 Å². The van der Waals surface area contributed by atoms with Crippen LogP contribution in [0.3, 0.4) is 0 Å². The van der Waals surface area contributed by atoms with Gasteiger partial charge in [0.15, 0.2) is 0 Å². The number of rotatable bonds is 3. The first kappa shape index (κ1) is 12.9. The van der Waals surface area contributed by atoms with Crippen molar-refractivity contribution in [3.05, 3.63) is 71.5 Å². The van der Waals surface area contributed by atoms with Crippen molar-refractivity contribution in [2.45, 2.75) is 25.8 Å². The second-order valence-corrected chi connectivity index (χ2v) is 5.42. The van der Waals surface area contributed by atoms with E-state index in [1.165, 1.54) is 11.1 Å². The topological polar surface area (TPSA) is 39.2 Å². The van der Waals surface area contributed by atoms with Gasteiger partial charge in [-0.1, -0.05) is 48.9 Å². The van der Waals surface area contributed by atoms with Gasteiger partial charge in [0.25, 0.3) is 0 Å². The van der Waals surface area contributed by atoms with Gasteiger partial charge in [-0.2, -0.15) is 0 Å². The molecule has 0 amide bonds. The summed E-state index contributed by atoms with van der Waals surface area (Å²) in [6.45, 7) is 4.22. The second-order valence-electron chi connectivity index (χ2n) is 5.42. The zero-order valence-corrected chi connectivity index (χ0v) is 11.8. The summed E-state index contributed by atoms with van der Waals surface area (Å²) in [5, 5.41) is 1.12. The zero-order valence-electron chi connectivity index (χ0n) is 11.8. The maximum atomic E-state index is 6.38. The molecule has 0 saturated heterocycles. The van der Waals surface area contributed by atoms with Crippen molar-refractivity contribution in [1.29, 1.82) is 0 Å². The van der Waals surface area contributed by atoms with E-state index in [1.54, 1.807) is 0 Å². The molecule has 0 radical (unpaired) electrons. The number of fused-ring (bicyclic) bond motifs is 1. The monoisotopic (exact) mass is 265 g/mol. The predicted octanol–water partition coefficient (Wildman–Crippen LogP) is 4.54. The third-order valence-corrected chi connectivity index (χ3v) is 3.88. The molecule has 1 aromatic heterocycles. The van der Waals surface area contributed by atoms with Crippen LogP contribution < -0.4 is 5.73 Å². The van der Waals surface area contributed by atoms with Gasteiger partial charge in [-0.15, -0.1) is 0 Å². The Morgan fingerprint density at radius 2 is 1.75 bits per heavy atom. The minimum absolute atomic E-state index is 0.134. The van der Waals surface area contributed by atoms with E-state index in [-0.39, 0.29) is 12.0 Å². The molecule has 2 unspecified atom stereocenters. The van der Waals surface area contributed by atoms with E-state index >= 15 is 0 Å². The Kier molecular flexibility index (Phi) is 3.33. The van der Waals surface area contributed by atoms with Gasteiger partial charge >= 0.3 is 0 Å². The van der Waals surface area contributed by atoms with Gasteiger partial charge < -0.3 is 10.2 Å². The lowest BCUT2D eigenvalue weighted by Gasteiger charge is -2.18. The maximum absolute atomic E-state index is 6.38. The van der Waals surface area contributed by atoms with Crippen LogP contribution in [0.2, 0.25) is 0 Å². The predicted molar refractivity (Wildman–Crippen MR) is 82.7 cm³/mol. The van der Waals surface area contributed by atoms with E-state index < -0.39 is 0 Å². The lowest BCUT2D eigenvalue weighted by molar-refractivity contribution is 0.458. The summed E-state index contributed by atoms with van der Waals surface area (Å²) in [5.41, 5.74) is 9.75. The quantitative estimate of drug-likeness (QED) is 0.754. The van der Waals surface area contributed by atoms with Crippen molar-refractivity contribution in [2.75, 3.05) is 0 Å². The molecule has 0 bridgehead atoms. The average molecular weight is 265 g/mol. The normalized spacial score (nSPS) is 14.3. The zero-order chi connectivity index (χ0) is 14.1. The van der Waals surface area contributed by atoms with Gasteiger partial charge in [-0.3, -0.25) is 0 Å². The molecule has 0 aliphatic carbocycles. The Labute approximate surface area is 119 Å². The van der Waals surface area contributed by atoms with Crippen LogP contribution >= 0.6 is 0 Å². The molecule has 2 N–H and O–H groups in total. The average Bonchev–Trinajstić information content (AvgIpc) is 2.89. The highest BCUT2D eigenvalue weighted by molar-refractivity contribution is 5.78. The molecule has 2 aromatic carbocycles. The molecule has 102 valence electrons. The lowest BCUT2D eigenvalue weighted by atomic mass is 9.92. The van der Waals surface area contributed by atoms with Crippen molar-refractivity contribution in [3.63, 3.8) is 0 Å². The van der Waals surface area contributed by atoms with E-state index in [4.69, 9.17) is 10.2 Å². The van der Waals surface area contributed by atoms with Crippen molar-refractivity contribution in [1.82, 2.24) is 0 Å². The molecule has 1 heterocycles. The minimum atomic E-state index is -0.134. The van der Waals surface area contributed by atoms with Gasteiger partial charge in [0, 0.05) is 11.3 Å². The molecule has 20 heavy (non-hydrogen) atoms. The van der Waals surface area contributed by atoms with E-state index in [0.29, 0.717) is 0 Å². The number of benzene rings is 2. The first-order valence-corrected chi connectivity index (χ1v) is 6.96. The summed E-state index contributed by atoms with van der Waals surface area (Å²) in [5.74, 6) is 1.07. The van der Waals surface area contributed by atoms with Crippen LogP contribution in [0.15, 0.2) is 59.0 Å². The molecule has 0 aliphatic heterocycles. The fourth-order valence-electron chi connectivity index (χ4n) is 2.56. The Hall–Kier alpha value is -2.06. The summed E-state index contributed by atoms with van der Waals surface area (Å²) >= 11 is 0. The number of furan rings is 1. The number of hydrogen-bond acceptors (Lipinski definition) is 2. The molecule has 0 fully saturated rings. The van der Waals surface area contributed by atoms with Gasteiger partial charge in [-0.05, 0) is 30.7 Å². The van der Waals surface area contributed by atoms with Crippen LogP contribution in [0.1, 0.15) is 35.8 Å². The SMILES string of the molecule is Cc1ccc2oc(C(N)C(C)c3ccccc3)cc2c1. The molecule has 2 nitrogen and oxygen atoms in total. The van der Waals surface area contributed by atoms with Crippen LogP contribution in [-0.2, 0) is 0 Å². The molecule has 2 atom stereocenters. The van der Waals surface area contributed by atoms with Crippen LogP contribution in [0.5, 0.6) is 0 Å². The fraction of sp³-hybridized carbons (Fsp3) is 0.222. The maximum Gasteiger partial charge on any atom is 0.134 e. The summed E-state index contributed by atoms with van der Waals surface area (Å²) < 4.78 is 5.90. The van der Waals surface area contributed by atoms with Gasteiger partial charge in [0.1, 0.15) is 11.3 Å². The standard InChI is InChI=1S/C18H19NO/c1-12-8-9-16-15(10-12)11-17(20-16)18(19)13(2)14-6-4-3-5-7-14/h3-11,13,18H,19H2,1-2H3. The van der Waals surface area contributed by atoms with Crippen LogP contribution in [-0.4, -0.2) is 0 Å². The summed E-state index contributed by atoms with van der Waals surface area (Å²) in [6.07, 6.45) is 0. The smallest absolute Gasteiger partial charge is 0.134 e. The largest absolute Gasteiger partial charge is 0.459 e. The highest BCUT2D eigenvalue weighted by atomic mass is 16.3. The fourth-order valence-corrected chi connectivity index (χ4v) is 2.56. The van der Waals surface area contributed by atoms with Crippen LogP contribution in [0.25, 0.3) is 11.0 Å². The number of aryl methyl sites for hydroxylation is 1. The van der Waals surface area contributed by atoms with Gasteiger partial charge in [-0.25, -0.2) is 0 Å². The third kappa shape index (κ3) is 2.35. The molecule has 3 rings (SSSR count). The lowest BCUT2D eigenvalue weighted by Crippen LogP contribution is -2.16. The highest BCUT2D eigenvalue weighted by Gasteiger charge is 2.20. The number of hydrogen-bond donors (Lipinski definition) is 1. The van der Waals surface area contributed by atoms with E-state index in [1.807, 2.05) is 24.3 Å². The molecule has 0 saturated carbocycles. The summed E-state index contributed by atoms with van der Waals surface area (Å²) in [7, 11) is 0. The number of nitrogens with two attached hydrogens (primary N) is 1. The molecule has 0 spiro atoms. The minimum Gasteiger partial charge on any atom is -0.459 e. The first-order chi connectivity index (χ1) is 9.65. The van der Waals surface area contributed by atoms with Gasteiger partial charge in [0.2, 0.25) is 0 Å².